The van der Waals surface area contributed by atoms with E-state index in [1.165, 1.54) is 45.1 Å². The first-order valence-corrected chi connectivity index (χ1v) is 11.3. The number of hydrogen-bond donors (Lipinski definition) is 3. The average molecular weight is 422 g/mol. The highest BCUT2D eigenvalue weighted by atomic mass is 32.2. The van der Waals surface area contributed by atoms with Gasteiger partial charge >= 0.3 is 5.97 Å². The maximum Gasteiger partial charge on any atom is 0.321 e. The molecular formula is C21H31N3O4S. The Morgan fingerprint density at radius 2 is 1.69 bits per heavy atom. The quantitative estimate of drug-likeness (QED) is 0.684. The Balaban J connectivity index is 0.000000360. The van der Waals surface area contributed by atoms with Crippen molar-refractivity contribution in [1.29, 1.82) is 0 Å². The second-order valence-electron chi connectivity index (χ2n) is 7.60. The van der Waals surface area contributed by atoms with Crippen molar-refractivity contribution < 1.29 is 18.3 Å². The highest BCUT2D eigenvalue weighted by Gasteiger charge is 2.23. The standard InChI is InChI=1S/C15H18N2O4S.C6H13N/c1-10(15(18)19)16-22(20,21)14-9-5-6-11-12(14)7-4-8-13(11)17(2)3;7-6-4-2-1-3-5-6/h4-10,16H,1-3H3,(H,18,19);6H,1-5,7H2/t10-;/m0./s1. The third-order valence-electron chi connectivity index (χ3n) is 4.98. The molecule has 0 saturated heterocycles. The first-order valence-electron chi connectivity index (χ1n) is 9.83. The number of anilines is 1. The van der Waals surface area contributed by atoms with E-state index in [0.29, 0.717) is 11.4 Å². The topological polar surface area (TPSA) is 113 Å². The summed E-state index contributed by atoms with van der Waals surface area (Å²) in [5.74, 6) is -1.22. The molecule has 1 atom stereocenters. The summed E-state index contributed by atoms with van der Waals surface area (Å²) in [6.45, 7) is 1.29. The maximum absolute atomic E-state index is 12.5. The second-order valence-corrected chi connectivity index (χ2v) is 9.28. The van der Waals surface area contributed by atoms with Gasteiger partial charge in [-0.25, -0.2) is 8.42 Å². The Morgan fingerprint density at radius 3 is 2.21 bits per heavy atom. The van der Waals surface area contributed by atoms with Crippen LogP contribution in [-0.2, 0) is 14.8 Å². The number of benzene rings is 2. The average Bonchev–Trinajstić information content (AvgIpc) is 2.67. The van der Waals surface area contributed by atoms with Gasteiger partial charge in [0.15, 0.2) is 0 Å². The fraction of sp³-hybridized carbons (Fsp3) is 0.476. The van der Waals surface area contributed by atoms with E-state index in [-0.39, 0.29) is 4.90 Å². The third kappa shape index (κ3) is 6.16. The number of carbonyl (C=O) groups is 1. The minimum Gasteiger partial charge on any atom is -0.480 e. The van der Waals surface area contributed by atoms with Crippen LogP contribution < -0.4 is 15.4 Å². The zero-order chi connectivity index (χ0) is 21.6. The Morgan fingerprint density at radius 1 is 1.10 bits per heavy atom. The van der Waals surface area contributed by atoms with Crippen LogP contribution in [0.15, 0.2) is 41.3 Å². The van der Waals surface area contributed by atoms with Gasteiger partial charge in [-0.15, -0.1) is 0 Å². The van der Waals surface area contributed by atoms with E-state index in [4.69, 9.17) is 10.8 Å². The van der Waals surface area contributed by atoms with E-state index in [2.05, 4.69) is 4.72 Å². The van der Waals surface area contributed by atoms with E-state index in [1.807, 2.05) is 31.1 Å². The lowest BCUT2D eigenvalue weighted by Gasteiger charge is -2.17. The lowest BCUT2D eigenvalue weighted by molar-refractivity contribution is -0.138. The van der Waals surface area contributed by atoms with Crippen molar-refractivity contribution in [3.05, 3.63) is 36.4 Å². The number of sulfonamides is 1. The van der Waals surface area contributed by atoms with Gasteiger partial charge in [0.1, 0.15) is 6.04 Å². The fourth-order valence-electron chi connectivity index (χ4n) is 3.37. The number of hydrogen-bond acceptors (Lipinski definition) is 5. The number of carboxylic acid groups (broad SMARTS) is 1. The molecule has 2 aromatic rings. The van der Waals surface area contributed by atoms with Crippen molar-refractivity contribution in [2.45, 2.75) is 56.0 Å². The molecule has 29 heavy (non-hydrogen) atoms. The van der Waals surface area contributed by atoms with Crippen LogP contribution in [0.2, 0.25) is 0 Å². The molecule has 0 unspecified atom stereocenters. The zero-order valence-corrected chi connectivity index (χ0v) is 18.1. The van der Waals surface area contributed by atoms with Gasteiger partial charge in [0, 0.05) is 36.6 Å². The van der Waals surface area contributed by atoms with E-state index >= 15 is 0 Å². The van der Waals surface area contributed by atoms with E-state index in [1.54, 1.807) is 18.2 Å². The molecule has 0 aromatic heterocycles. The molecule has 0 radical (unpaired) electrons. The van der Waals surface area contributed by atoms with Gasteiger partial charge in [-0.05, 0) is 31.9 Å². The van der Waals surface area contributed by atoms with E-state index in [9.17, 15) is 13.2 Å². The van der Waals surface area contributed by atoms with Crippen molar-refractivity contribution in [2.75, 3.05) is 19.0 Å². The predicted molar refractivity (Wildman–Crippen MR) is 117 cm³/mol. The molecule has 7 nitrogen and oxygen atoms in total. The molecule has 1 aliphatic carbocycles. The minimum absolute atomic E-state index is 0.0711. The van der Waals surface area contributed by atoms with Gasteiger partial charge in [0.05, 0.1) is 4.90 Å². The van der Waals surface area contributed by atoms with Crippen LogP contribution in [0.4, 0.5) is 5.69 Å². The largest absolute Gasteiger partial charge is 0.480 e. The van der Waals surface area contributed by atoms with Gasteiger partial charge in [0.25, 0.3) is 0 Å². The van der Waals surface area contributed by atoms with Gasteiger partial charge < -0.3 is 15.7 Å². The first-order chi connectivity index (χ1) is 13.6. The smallest absolute Gasteiger partial charge is 0.321 e. The summed E-state index contributed by atoms with van der Waals surface area (Å²) >= 11 is 0. The molecule has 4 N–H and O–H groups in total. The maximum atomic E-state index is 12.5. The van der Waals surface area contributed by atoms with Gasteiger partial charge in [0.2, 0.25) is 10.0 Å². The normalized spacial score (nSPS) is 16.0. The molecule has 0 aliphatic heterocycles. The number of fused-ring (bicyclic) bond motifs is 1. The molecule has 0 amide bonds. The Bertz CT molecular complexity index is 938. The van der Waals surface area contributed by atoms with Crippen molar-refractivity contribution in [1.82, 2.24) is 4.72 Å². The van der Waals surface area contributed by atoms with Crippen molar-refractivity contribution in [3.63, 3.8) is 0 Å². The Labute approximate surface area is 172 Å². The van der Waals surface area contributed by atoms with E-state index < -0.39 is 22.0 Å². The summed E-state index contributed by atoms with van der Waals surface area (Å²) in [6.07, 6.45) is 6.66. The SMILES string of the molecule is C[C@H](NS(=O)(=O)c1cccc2c(N(C)C)cccc12)C(=O)O.NC1CCCCC1. The van der Waals surface area contributed by atoms with Gasteiger partial charge in [-0.2, -0.15) is 4.72 Å². The lowest BCUT2D eigenvalue weighted by Crippen LogP contribution is -2.38. The van der Waals surface area contributed by atoms with Crippen molar-refractivity contribution in [3.8, 4) is 0 Å². The lowest BCUT2D eigenvalue weighted by atomic mass is 9.97. The van der Waals surface area contributed by atoms with Crippen LogP contribution in [0.3, 0.4) is 0 Å². The molecule has 2 aromatic carbocycles. The summed E-state index contributed by atoms with van der Waals surface area (Å²) < 4.78 is 27.1. The van der Waals surface area contributed by atoms with Crippen LogP contribution in [0, 0.1) is 0 Å². The number of rotatable bonds is 5. The predicted octanol–water partition coefficient (Wildman–Crippen LogP) is 2.94. The highest BCUT2D eigenvalue weighted by Crippen LogP contribution is 2.30. The number of nitrogens with two attached hydrogens (primary N) is 1. The molecule has 8 heteroatoms. The Kier molecular flexibility index (Phi) is 8.01. The number of carboxylic acids is 1. The van der Waals surface area contributed by atoms with Crippen molar-refractivity contribution >= 4 is 32.5 Å². The van der Waals surface area contributed by atoms with Crippen LogP contribution in [0.5, 0.6) is 0 Å². The monoisotopic (exact) mass is 421 g/mol. The summed E-state index contributed by atoms with van der Waals surface area (Å²) in [5.41, 5.74) is 6.52. The first kappa shape index (κ1) is 23.1. The molecule has 3 rings (SSSR count). The molecule has 1 aliphatic rings. The number of nitrogens with one attached hydrogen (secondary N) is 1. The number of aliphatic carboxylic acids is 1. The zero-order valence-electron chi connectivity index (χ0n) is 17.3. The highest BCUT2D eigenvalue weighted by molar-refractivity contribution is 7.89. The summed E-state index contributed by atoms with van der Waals surface area (Å²) in [4.78, 5) is 12.8. The molecule has 1 saturated carbocycles. The number of nitrogens with zero attached hydrogens (tertiary/aromatic N) is 1. The molecule has 0 spiro atoms. The minimum atomic E-state index is -3.92. The summed E-state index contributed by atoms with van der Waals surface area (Å²) in [6, 6.07) is 9.68. The summed E-state index contributed by atoms with van der Waals surface area (Å²) in [5, 5.41) is 10.2. The van der Waals surface area contributed by atoms with Crippen LogP contribution in [0.1, 0.15) is 39.0 Å². The molecular weight excluding hydrogens is 390 g/mol. The second kappa shape index (κ2) is 10.0. The summed E-state index contributed by atoms with van der Waals surface area (Å²) in [7, 11) is -0.172. The fourth-order valence-corrected chi connectivity index (χ4v) is 4.79. The van der Waals surface area contributed by atoms with Crippen LogP contribution >= 0.6 is 0 Å². The van der Waals surface area contributed by atoms with Gasteiger partial charge in [-0.3, -0.25) is 4.79 Å². The van der Waals surface area contributed by atoms with Crippen molar-refractivity contribution in [2.24, 2.45) is 5.73 Å². The molecule has 0 bridgehead atoms. The molecule has 160 valence electrons. The van der Waals surface area contributed by atoms with Crippen LogP contribution in [-0.4, -0.2) is 45.7 Å². The van der Waals surface area contributed by atoms with Gasteiger partial charge in [-0.1, -0.05) is 43.5 Å². The molecule has 1 fully saturated rings. The third-order valence-corrected chi connectivity index (χ3v) is 6.58. The Hall–Kier alpha value is -2.16. The van der Waals surface area contributed by atoms with Crippen LogP contribution in [0.25, 0.3) is 10.8 Å². The molecule has 0 heterocycles. The van der Waals surface area contributed by atoms with E-state index in [0.717, 1.165) is 11.1 Å².